The number of hydrogen-bond donors (Lipinski definition) is 2. The van der Waals surface area contributed by atoms with Crippen molar-refractivity contribution in [3.05, 3.63) is 57.2 Å². The number of rotatable bonds is 5. The fraction of sp³-hybridized carbons (Fsp3) is 0.200. The van der Waals surface area contributed by atoms with Gasteiger partial charge in [-0.1, -0.05) is 29.8 Å². The summed E-state index contributed by atoms with van der Waals surface area (Å²) in [5, 5.41) is 7.84. The number of thiophene rings is 1. The highest BCUT2D eigenvalue weighted by atomic mass is 35.5. The molecular formula is C15H15ClN2O2S. The zero-order valence-corrected chi connectivity index (χ0v) is 13.0. The molecule has 1 heterocycles. The Hall–Kier alpha value is -1.85. The van der Waals surface area contributed by atoms with E-state index in [1.165, 1.54) is 11.3 Å². The molecule has 0 saturated heterocycles. The van der Waals surface area contributed by atoms with Crippen molar-refractivity contribution in [1.29, 1.82) is 0 Å². The van der Waals surface area contributed by atoms with Crippen molar-refractivity contribution in [2.45, 2.75) is 13.0 Å². The molecule has 0 aliphatic carbocycles. The molecule has 1 aromatic heterocycles. The zero-order valence-electron chi connectivity index (χ0n) is 11.4. The summed E-state index contributed by atoms with van der Waals surface area (Å²) in [5.74, 6) is -0.483. The van der Waals surface area contributed by atoms with Crippen LogP contribution in [0.2, 0.25) is 5.02 Å². The van der Waals surface area contributed by atoms with Crippen LogP contribution in [0.4, 0.5) is 0 Å². The monoisotopic (exact) mass is 322 g/mol. The standard InChI is InChI=1S/C15H15ClN2O2S/c1-10(11-4-2-5-12(16)8-11)18-14(19)9-17-15(20)13-6-3-7-21-13/h2-8,10H,9H2,1H3,(H,17,20)(H,18,19)/t10-/m0/s1. The first-order chi connectivity index (χ1) is 10.1. The van der Waals surface area contributed by atoms with E-state index in [4.69, 9.17) is 11.6 Å². The first-order valence-corrected chi connectivity index (χ1v) is 7.68. The molecule has 0 spiro atoms. The Morgan fingerprint density at radius 2 is 2.10 bits per heavy atom. The molecule has 2 aromatic rings. The highest BCUT2D eigenvalue weighted by molar-refractivity contribution is 7.12. The second kappa shape index (κ2) is 7.24. The van der Waals surface area contributed by atoms with Crippen LogP contribution in [-0.2, 0) is 4.79 Å². The van der Waals surface area contributed by atoms with Gasteiger partial charge in [0, 0.05) is 5.02 Å². The third-order valence-corrected chi connectivity index (χ3v) is 3.98. The van der Waals surface area contributed by atoms with Crippen LogP contribution in [0.1, 0.15) is 28.2 Å². The molecule has 0 fully saturated rings. The second-order valence-corrected chi connectivity index (χ2v) is 5.89. The van der Waals surface area contributed by atoms with Crippen molar-refractivity contribution in [3.8, 4) is 0 Å². The Balaban J connectivity index is 1.83. The van der Waals surface area contributed by atoms with Gasteiger partial charge in [0.15, 0.2) is 0 Å². The molecule has 110 valence electrons. The van der Waals surface area contributed by atoms with Gasteiger partial charge >= 0.3 is 0 Å². The maximum atomic E-state index is 11.8. The maximum absolute atomic E-state index is 11.8. The normalized spacial score (nSPS) is 11.7. The molecule has 0 radical (unpaired) electrons. The number of hydrogen-bond acceptors (Lipinski definition) is 3. The van der Waals surface area contributed by atoms with Crippen molar-refractivity contribution in [2.24, 2.45) is 0 Å². The van der Waals surface area contributed by atoms with Crippen LogP contribution in [0.15, 0.2) is 41.8 Å². The summed E-state index contributed by atoms with van der Waals surface area (Å²) in [4.78, 5) is 24.1. The minimum atomic E-state index is -0.243. The predicted octanol–water partition coefficient (Wildman–Crippen LogP) is 3.01. The van der Waals surface area contributed by atoms with Gasteiger partial charge < -0.3 is 10.6 Å². The van der Waals surface area contributed by atoms with E-state index in [1.54, 1.807) is 24.3 Å². The number of carbonyl (C=O) groups excluding carboxylic acids is 2. The van der Waals surface area contributed by atoms with Crippen molar-refractivity contribution >= 4 is 34.8 Å². The number of nitrogens with one attached hydrogen (secondary N) is 2. The van der Waals surface area contributed by atoms with Crippen LogP contribution >= 0.6 is 22.9 Å². The van der Waals surface area contributed by atoms with E-state index in [2.05, 4.69) is 10.6 Å². The molecule has 6 heteroatoms. The fourth-order valence-corrected chi connectivity index (χ4v) is 2.65. The maximum Gasteiger partial charge on any atom is 0.261 e. The molecule has 2 rings (SSSR count). The number of carbonyl (C=O) groups is 2. The van der Waals surface area contributed by atoms with Crippen molar-refractivity contribution < 1.29 is 9.59 Å². The molecule has 1 aromatic carbocycles. The predicted molar refractivity (Wildman–Crippen MR) is 84.7 cm³/mol. The highest BCUT2D eigenvalue weighted by Gasteiger charge is 2.12. The van der Waals surface area contributed by atoms with Crippen LogP contribution in [-0.4, -0.2) is 18.4 Å². The molecule has 0 aliphatic rings. The number of halogens is 1. The van der Waals surface area contributed by atoms with Gasteiger partial charge in [0.25, 0.3) is 5.91 Å². The van der Waals surface area contributed by atoms with Gasteiger partial charge in [-0.25, -0.2) is 0 Å². The van der Waals surface area contributed by atoms with E-state index < -0.39 is 0 Å². The largest absolute Gasteiger partial charge is 0.348 e. The Morgan fingerprint density at radius 1 is 1.29 bits per heavy atom. The lowest BCUT2D eigenvalue weighted by Gasteiger charge is -2.14. The highest BCUT2D eigenvalue weighted by Crippen LogP contribution is 2.17. The zero-order chi connectivity index (χ0) is 15.2. The van der Waals surface area contributed by atoms with Crippen molar-refractivity contribution in [1.82, 2.24) is 10.6 Å². The minimum absolute atomic E-state index is 0.0539. The Labute approximate surface area is 132 Å². The van der Waals surface area contributed by atoms with Crippen LogP contribution in [0.3, 0.4) is 0 Å². The summed E-state index contributed by atoms with van der Waals surface area (Å²) < 4.78 is 0. The number of amides is 2. The van der Waals surface area contributed by atoms with E-state index in [0.29, 0.717) is 9.90 Å². The average Bonchev–Trinajstić information content (AvgIpc) is 2.99. The summed E-state index contributed by atoms with van der Waals surface area (Å²) in [6, 6.07) is 10.6. The lowest BCUT2D eigenvalue weighted by atomic mass is 10.1. The van der Waals surface area contributed by atoms with Crippen LogP contribution in [0.25, 0.3) is 0 Å². The fourth-order valence-electron chi connectivity index (χ4n) is 1.81. The van der Waals surface area contributed by atoms with Crippen molar-refractivity contribution in [3.63, 3.8) is 0 Å². The lowest BCUT2D eigenvalue weighted by Crippen LogP contribution is -2.37. The van der Waals surface area contributed by atoms with Gasteiger partial charge in [0.2, 0.25) is 5.91 Å². The molecule has 2 N–H and O–H groups in total. The number of benzene rings is 1. The van der Waals surface area contributed by atoms with Gasteiger partial charge in [-0.05, 0) is 36.1 Å². The molecular weight excluding hydrogens is 308 g/mol. The Kier molecular flexibility index (Phi) is 5.36. The molecule has 0 bridgehead atoms. The van der Waals surface area contributed by atoms with E-state index in [0.717, 1.165) is 5.56 Å². The summed E-state index contributed by atoms with van der Waals surface area (Å²) in [6.45, 7) is 1.81. The molecule has 2 amide bonds. The Morgan fingerprint density at radius 3 is 2.76 bits per heavy atom. The summed E-state index contributed by atoms with van der Waals surface area (Å²) >= 11 is 7.25. The van der Waals surface area contributed by atoms with Gasteiger partial charge in [-0.2, -0.15) is 0 Å². The lowest BCUT2D eigenvalue weighted by molar-refractivity contribution is -0.120. The SMILES string of the molecule is C[C@H](NC(=O)CNC(=O)c1cccs1)c1cccc(Cl)c1. The van der Waals surface area contributed by atoms with Crippen LogP contribution in [0.5, 0.6) is 0 Å². The molecule has 1 atom stereocenters. The molecule has 0 saturated carbocycles. The van der Waals surface area contributed by atoms with E-state index in [1.807, 2.05) is 24.4 Å². The summed E-state index contributed by atoms with van der Waals surface area (Å²) in [7, 11) is 0. The quantitative estimate of drug-likeness (QED) is 0.889. The average molecular weight is 323 g/mol. The first-order valence-electron chi connectivity index (χ1n) is 6.43. The third-order valence-electron chi connectivity index (χ3n) is 2.88. The van der Waals surface area contributed by atoms with E-state index >= 15 is 0 Å². The van der Waals surface area contributed by atoms with Gasteiger partial charge in [0.05, 0.1) is 17.5 Å². The van der Waals surface area contributed by atoms with Gasteiger partial charge in [-0.3, -0.25) is 9.59 Å². The van der Waals surface area contributed by atoms with Crippen LogP contribution in [0, 0.1) is 0 Å². The first kappa shape index (κ1) is 15.5. The van der Waals surface area contributed by atoms with Crippen LogP contribution < -0.4 is 10.6 Å². The molecule has 0 unspecified atom stereocenters. The van der Waals surface area contributed by atoms with Crippen molar-refractivity contribution in [2.75, 3.05) is 6.54 Å². The van der Waals surface area contributed by atoms with Gasteiger partial charge in [-0.15, -0.1) is 11.3 Å². The topological polar surface area (TPSA) is 58.2 Å². The smallest absolute Gasteiger partial charge is 0.261 e. The van der Waals surface area contributed by atoms with E-state index in [9.17, 15) is 9.59 Å². The van der Waals surface area contributed by atoms with Gasteiger partial charge in [0.1, 0.15) is 0 Å². The van der Waals surface area contributed by atoms with E-state index in [-0.39, 0.29) is 24.4 Å². The molecule has 4 nitrogen and oxygen atoms in total. The third kappa shape index (κ3) is 4.58. The molecule has 0 aliphatic heterocycles. The molecule has 21 heavy (non-hydrogen) atoms. The summed E-state index contributed by atoms with van der Waals surface area (Å²) in [6.07, 6.45) is 0. The second-order valence-electron chi connectivity index (χ2n) is 4.50. The Bertz CT molecular complexity index is 628. The summed E-state index contributed by atoms with van der Waals surface area (Å²) in [5.41, 5.74) is 0.917. The minimum Gasteiger partial charge on any atom is -0.348 e.